The van der Waals surface area contributed by atoms with Crippen LogP contribution in [0, 0.1) is 5.82 Å². The first-order valence-corrected chi connectivity index (χ1v) is 8.10. The second-order valence-electron chi connectivity index (χ2n) is 5.86. The molecule has 0 aromatic carbocycles. The third-order valence-corrected chi connectivity index (χ3v) is 4.31. The summed E-state index contributed by atoms with van der Waals surface area (Å²) in [6, 6.07) is 2.35. The van der Waals surface area contributed by atoms with Crippen LogP contribution in [0.1, 0.15) is 44.4 Å². The molecule has 1 saturated heterocycles. The van der Waals surface area contributed by atoms with Gasteiger partial charge in [0.05, 0.1) is 12.1 Å². The Morgan fingerprint density at radius 2 is 2.29 bits per heavy atom. The predicted octanol–water partition coefficient (Wildman–Crippen LogP) is 2.97. The average molecular weight is 333 g/mol. The zero-order valence-electron chi connectivity index (χ0n) is 13.7. The van der Waals surface area contributed by atoms with E-state index >= 15 is 0 Å². The summed E-state index contributed by atoms with van der Waals surface area (Å²) in [5.41, 5.74) is 0. The average Bonchev–Trinajstić information content (AvgIpc) is 3.06. The van der Waals surface area contributed by atoms with E-state index in [-0.39, 0.29) is 18.0 Å². The zero-order valence-corrected chi connectivity index (χ0v) is 13.7. The molecular weight excluding hydrogens is 313 g/mol. The van der Waals surface area contributed by atoms with Gasteiger partial charge in [-0.25, -0.2) is 14.2 Å². The molecule has 0 bridgehead atoms. The van der Waals surface area contributed by atoms with Gasteiger partial charge in [-0.05, 0) is 31.9 Å². The fourth-order valence-electron chi connectivity index (χ4n) is 2.95. The molecular formula is C16H20FN5O2. The summed E-state index contributed by atoms with van der Waals surface area (Å²) in [4.78, 5) is 18.1. The van der Waals surface area contributed by atoms with Crippen molar-refractivity contribution in [2.24, 2.45) is 0 Å². The third kappa shape index (κ3) is 3.37. The molecule has 2 amide bonds. The highest BCUT2D eigenvalue weighted by Gasteiger charge is 2.35. The van der Waals surface area contributed by atoms with Crippen molar-refractivity contribution in [1.82, 2.24) is 20.1 Å². The summed E-state index contributed by atoms with van der Waals surface area (Å²) in [6.45, 7) is 4.56. The Labute approximate surface area is 139 Å². The van der Waals surface area contributed by atoms with Crippen LogP contribution in [-0.4, -0.2) is 38.7 Å². The third-order valence-electron chi connectivity index (χ3n) is 4.31. The summed E-state index contributed by atoms with van der Waals surface area (Å²) in [5, 5.41) is 10.8. The molecule has 0 aliphatic carbocycles. The molecule has 0 radical (unpaired) electrons. The maximum atomic E-state index is 12.9. The van der Waals surface area contributed by atoms with Crippen molar-refractivity contribution in [2.45, 2.75) is 45.1 Å². The molecule has 1 fully saturated rings. The maximum absolute atomic E-state index is 12.9. The lowest BCUT2D eigenvalue weighted by atomic mass is 9.90. The quantitative estimate of drug-likeness (QED) is 0.933. The first-order chi connectivity index (χ1) is 11.6. The van der Waals surface area contributed by atoms with E-state index in [0.29, 0.717) is 30.6 Å². The fraction of sp³-hybridized carbons (Fsp3) is 0.500. The van der Waals surface area contributed by atoms with E-state index < -0.39 is 5.82 Å². The van der Waals surface area contributed by atoms with Crippen LogP contribution in [-0.2, 0) is 6.42 Å². The summed E-state index contributed by atoms with van der Waals surface area (Å²) in [6.07, 6.45) is 3.51. The number of likely N-dealkylation sites (tertiary alicyclic amines) is 1. The normalized spacial score (nSPS) is 20.9. The molecule has 8 heteroatoms. The first-order valence-electron chi connectivity index (χ1n) is 8.10. The zero-order chi connectivity index (χ0) is 17.1. The smallest absolute Gasteiger partial charge is 0.323 e. The van der Waals surface area contributed by atoms with Crippen LogP contribution in [0.3, 0.4) is 0 Å². The Balaban J connectivity index is 1.70. The van der Waals surface area contributed by atoms with Crippen LogP contribution >= 0.6 is 0 Å². The molecule has 7 nitrogen and oxygen atoms in total. The molecule has 24 heavy (non-hydrogen) atoms. The van der Waals surface area contributed by atoms with Gasteiger partial charge < -0.3 is 9.32 Å². The van der Waals surface area contributed by atoms with Crippen LogP contribution in [0.4, 0.5) is 15.0 Å². The Morgan fingerprint density at radius 3 is 2.96 bits per heavy atom. The molecule has 0 saturated carbocycles. The molecule has 1 aliphatic rings. The maximum Gasteiger partial charge on any atom is 0.323 e. The van der Waals surface area contributed by atoms with Gasteiger partial charge in [0.2, 0.25) is 11.8 Å². The number of hydrogen-bond donors (Lipinski definition) is 1. The van der Waals surface area contributed by atoms with Crippen LogP contribution in [0.5, 0.6) is 0 Å². The first kappa shape index (κ1) is 16.4. The second kappa shape index (κ2) is 6.94. The number of carbonyl (C=O) groups excluding carboxylic acids is 1. The van der Waals surface area contributed by atoms with Crippen LogP contribution < -0.4 is 5.32 Å². The largest absolute Gasteiger partial charge is 0.425 e. The van der Waals surface area contributed by atoms with Crippen LogP contribution in [0.2, 0.25) is 0 Å². The minimum absolute atomic E-state index is 0.0125. The number of pyridine rings is 1. The lowest BCUT2D eigenvalue weighted by Gasteiger charge is -2.37. The number of piperidine rings is 1. The summed E-state index contributed by atoms with van der Waals surface area (Å²) >= 11 is 0. The van der Waals surface area contributed by atoms with Gasteiger partial charge in [-0.2, -0.15) is 0 Å². The molecule has 1 N–H and O–H groups in total. The SMILES string of the molecule is CCc1nnc([C@@H]2CCCN(C(=O)Nc3ccc(F)cn3)[C@@H]2C)o1. The van der Waals surface area contributed by atoms with E-state index in [1.807, 2.05) is 13.8 Å². The highest BCUT2D eigenvalue weighted by Crippen LogP contribution is 2.32. The van der Waals surface area contributed by atoms with Gasteiger partial charge in [0.25, 0.3) is 0 Å². The lowest BCUT2D eigenvalue weighted by Crippen LogP contribution is -2.48. The van der Waals surface area contributed by atoms with E-state index in [9.17, 15) is 9.18 Å². The number of urea groups is 1. The van der Waals surface area contributed by atoms with Crippen molar-refractivity contribution in [3.05, 3.63) is 35.9 Å². The van der Waals surface area contributed by atoms with E-state index in [0.717, 1.165) is 19.0 Å². The number of amides is 2. The molecule has 128 valence electrons. The molecule has 1 aliphatic heterocycles. The number of carbonyl (C=O) groups is 1. The minimum Gasteiger partial charge on any atom is -0.425 e. The van der Waals surface area contributed by atoms with Crippen LogP contribution in [0.25, 0.3) is 0 Å². The summed E-state index contributed by atoms with van der Waals surface area (Å²) in [7, 11) is 0. The monoisotopic (exact) mass is 333 g/mol. The number of rotatable bonds is 3. The van der Waals surface area contributed by atoms with E-state index in [1.54, 1.807) is 4.90 Å². The number of nitrogens with one attached hydrogen (secondary N) is 1. The van der Waals surface area contributed by atoms with Crippen molar-refractivity contribution in [2.75, 3.05) is 11.9 Å². The highest BCUT2D eigenvalue weighted by atomic mass is 19.1. The van der Waals surface area contributed by atoms with Gasteiger partial charge >= 0.3 is 6.03 Å². The van der Waals surface area contributed by atoms with Gasteiger partial charge in [-0.3, -0.25) is 5.32 Å². The van der Waals surface area contributed by atoms with Gasteiger partial charge in [0.1, 0.15) is 11.6 Å². The molecule has 2 atom stereocenters. The van der Waals surface area contributed by atoms with Crippen molar-refractivity contribution >= 4 is 11.8 Å². The topological polar surface area (TPSA) is 84.2 Å². The number of hydrogen-bond acceptors (Lipinski definition) is 5. The molecule has 0 unspecified atom stereocenters. The lowest BCUT2D eigenvalue weighted by molar-refractivity contribution is 0.147. The van der Waals surface area contributed by atoms with E-state index in [4.69, 9.17) is 4.42 Å². The predicted molar refractivity (Wildman–Crippen MR) is 85.0 cm³/mol. The van der Waals surface area contributed by atoms with Crippen molar-refractivity contribution in [1.29, 1.82) is 0 Å². The highest BCUT2D eigenvalue weighted by molar-refractivity contribution is 5.88. The van der Waals surface area contributed by atoms with Gasteiger partial charge in [-0.1, -0.05) is 6.92 Å². The van der Waals surface area contributed by atoms with Gasteiger partial charge in [0.15, 0.2) is 0 Å². The number of aryl methyl sites for hydroxylation is 1. The standard InChI is InChI=1S/C16H20FN5O2/c1-3-14-20-21-15(24-14)12-5-4-8-22(10(12)2)16(23)19-13-7-6-11(17)9-18-13/h6-7,9-10,12H,3-5,8H2,1-2H3,(H,18,19,23)/t10-,12-/m1/s1. The van der Waals surface area contributed by atoms with E-state index in [1.165, 1.54) is 12.1 Å². The Bertz CT molecular complexity index is 703. The molecule has 2 aromatic heterocycles. The van der Waals surface area contributed by atoms with Crippen molar-refractivity contribution in [3.63, 3.8) is 0 Å². The molecule has 2 aromatic rings. The molecule has 3 heterocycles. The Kier molecular flexibility index (Phi) is 4.73. The van der Waals surface area contributed by atoms with E-state index in [2.05, 4.69) is 20.5 Å². The van der Waals surface area contributed by atoms with Crippen molar-refractivity contribution in [3.8, 4) is 0 Å². The molecule has 0 spiro atoms. The van der Waals surface area contributed by atoms with Crippen LogP contribution in [0.15, 0.2) is 22.7 Å². The number of nitrogens with zero attached hydrogens (tertiary/aromatic N) is 4. The van der Waals surface area contributed by atoms with Gasteiger partial charge in [-0.15, -0.1) is 10.2 Å². The second-order valence-corrected chi connectivity index (χ2v) is 5.86. The number of halogens is 1. The summed E-state index contributed by atoms with van der Waals surface area (Å²) < 4.78 is 18.6. The van der Waals surface area contributed by atoms with Crippen molar-refractivity contribution < 1.29 is 13.6 Å². The Morgan fingerprint density at radius 1 is 1.46 bits per heavy atom. The Hall–Kier alpha value is -2.51. The van der Waals surface area contributed by atoms with Gasteiger partial charge in [0, 0.05) is 19.0 Å². The fourth-order valence-corrected chi connectivity index (χ4v) is 2.95. The summed E-state index contributed by atoms with van der Waals surface area (Å²) in [5.74, 6) is 1.08. The minimum atomic E-state index is -0.442. The number of aromatic nitrogens is 3. The molecule has 3 rings (SSSR count). The number of anilines is 1.